The maximum absolute atomic E-state index is 12.9. The first kappa shape index (κ1) is 18.4. The SMILES string of the molecule is C[C@@H]1CCc2c(sc3nc([C@@H](C)Sc4nnc5n4CCCCC5)[nH]c(=O)c23)C1. The highest BCUT2D eigenvalue weighted by Crippen LogP contribution is 2.38. The largest absolute Gasteiger partial charge is 0.309 e. The van der Waals surface area contributed by atoms with Crippen LogP contribution in [0.5, 0.6) is 0 Å². The van der Waals surface area contributed by atoms with Crippen LogP contribution in [0.3, 0.4) is 0 Å². The number of rotatable bonds is 3. The molecule has 0 unspecified atom stereocenters. The van der Waals surface area contributed by atoms with Gasteiger partial charge in [0.15, 0.2) is 5.16 Å². The zero-order valence-corrected chi connectivity index (χ0v) is 18.0. The molecule has 28 heavy (non-hydrogen) atoms. The molecular formula is C20H25N5OS2. The van der Waals surface area contributed by atoms with Gasteiger partial charge in [0.1, 0.15) is 16.5 Å². The van der Waals surface area contributed by atoms with E-state index >= 15 is 0 Å². The summed E-state index contributed by atoms with van der Waals surface area (Å²) in [6.07, 6.45) is 7.83. The lowest BCUT2D eigenvalue weighted by atomic mass is 9.89. The number of hydrogen-bond acceptors (Lipinski definition) is 6. The topological polar surface area (TPSA) is 76.5 Å². The Bertz CT molecular complexity index is 1080. The van der Waals surface area contributed by atoms with Gasteiger partial charge in [-0.2, -0.15) is 0 Å². The number of hydrogen-bond donors (Lipinski definition) is 1. The first-order valence-corrected chi connectivity index (χ1v) is 11.9. The van der Waals surface area contributed by atoms with Gasteiger partial charge in [0, 0.05) is 17.8 Å². The molecule has 6 nitrogen and oxygen atoms in total. The summed E-state index contributed by atoms with van der Waals surface area (Å²) < 4.78 is 2.25. The van der Waals surface area contributed by atoms with Gasteiger partial charge >= 0.3 is 0 Å². The van der Waals surface area contributed by atoms with Crippen molar-refractivity contribution in [2.24, 2.45) is 5.92 Å². The van der Waals surface area contributed by atoms with Crippen LogP contribution in [0.1, 0.15) is 66.9 Å². The van der Waals surface area contributed by atoms with E-state index in [0.717, 1.165) is 59.2 Å². The second kappa shape index (κ2) is 7.30. The van der Waals surface area contributed by atoms with Crippen LogP contribution in [0.2, 0.25) is 0 Å². The number of nitrogens with zero attached hydrogens (tertiary/aromatic N) is 4. The molecule has 1 aliphatic heterocycles. The first-order valence-electron chi connectivity index (χ1n) is 10.2. The third kappa shape index (κ3) is 3.20. The molecule has 0 spiro atoms. The number of aryl methyl sites for hydroxylation is 2. The van der Waals surface area contributed by atoms with E-state index in [1.807, 2.05) is 0 Å². The third-order valence-electron chi connectivity index (χ3n) is 5.93. The minimum atomic E-state index is 0.0135. The van der Waals surface area contributed by atoms with Crippen LogP contribution in [0.15, 0.2) is 9.95 Å². The van der Waals surface area contributed by atoms with E-state index in [0.29, 0.717) is 5.92 Å². The van der Waals surface area contributed by atoms with Gasteiger partial charge in [0.05, 0.1) is 10.6 Å². The van der Waals surface area contributed by atoms with Crippen molar-refractivity contribution in [3.05, 3.63) is 32.4 Å². The zero-order chi connectivity index (χ0) is 19.3. The fourth-order valence-electron chi connectivity index (χ4n) is 4.32. The Morgan fingerprint density at radius 2 is 2.14 bits per heavy atom. The standard InChI is InChI=1S/C20H25N5OS2/c1-11-7-8-13-14(10-11)28-19-16(13)18(26)21-17(22-19)12(2)27-20-24-23-15-6-4-3-5-9-25(15)20/h11-12H,3-10H2,1-2H3,(H,21,22,26)/t11-,12-/m1/s1. The lowest BCUT2D eigenvalue weighted by Gasteiger charge is -2.17. The average molecular weight is 416 g/mol. The summed E-state index contributed by atoms with van der Waals surface area (Å²) in [5.41, 5.74) is 1.25. The Morgan fingerprint density at radius 1 is 1.25 bits per heavy atom. The number of thiophene rings is 1. The molecule has 148 valence electrons. The predicted molar refractivity (Wildman–Crippen MR) is 113 cm³/mol. The molecule has 4 heterocycles. The average Bonchev–Trinajstić information content (AvgIpc) is 3.13. The van der Waals surface area contributed by atoms with E-state index in [1.54, 1.807) is 23.1 Å². The number of thioether (sulfide) groups is 1. The molecule has 3 aromatic rings. The molecule has 0 saturated carbocycles. The highest BCUT2D eigenvalue weighted by molar-refractivity contribution is 7.99. The highest BCUT2D eigenvalue weighted by Gasteiger charge is 2.25. The lowest BCUT2D eigenvalue weighted by molar-refractivity contribution is 0.509. The molecule has 0 aromatic carbocycles. The van der Waals surface area contributed by atoms with Crippen LogP contribution in [-0.4, -0.2) is 24.7 Å². The van der Waals surface area contributed by atoms with Crippen molar-refractivity contribution in [1.82, 2.24) is 24.7 Å². The summed E-state index contributed by atoms with van der Waals surface area (Å²) in [4.78, 5) is 23.0. The van der Waals surface area contributed by atoms with Crippen LogP contribution in [-0.2, 0) is 25.8 Å². The van der Waals surface area contributed by atoms with E-state index < -0.39 is 0 Å². The van der Waals surface area contributed by atoms with E-state index in [-0.39, 0.29) is 10.8 Å². The highest BCUT2D eigenvalue weighted by atomic mass is 32.2. The lowest BCUT2D eigenvalue weighted by Crippen LogP contribution is -2.15. The molecule has 2 atom stereocenters. The Labute approximate surface area is 172 Å². The van der Waals surface area contributed by atoms with Crippen LogP contribution in [0, 0.1) is 5.92 Å². The van der Waals surface area contributed by atoms with E-state index in [2.05, 4.69) is 33.6 Å². The van der Waals surface area contributed by atoms with Gasteiger partial charge in [-0.3, -0.25) is 4.79 Å². The maximum atomic E-state index is 12.9. The summed E-state index contributed by atoms with van der Waals surface area (Å²) in [7, 11) is 0. The molecule has 1 N–H and O–H groups in total. The van der Waals surface area contributed by atoms with E-state index in [9.17, 15) is 4.79 Å². The summed E-state index contributed by atoms with van der Waals surface area (Å²) >= 11 is 3.35. The van der Waals surface area contributed by atoms with Gasteiger partial charge in [0.2, 0.25) is 0 Å². The molecule has 0 amide bonds. The van der Waals surface area contributed by atoms with Gasteiger partial charge in [0.25, 0.3) is 5.56 Å². The van der Waals surface area contributed by atoms with E-state index in [1.165, 1.54) is 29.7 Å². The third-order valence-corrected chi connectivity index (χ3v) is 8.16. The minimum absolute atomic E-state index is 0.0135. The smallest absolute Gasteiger partial charge is 0.259 e. The molecule has 0 radical (unpaired) electrons. The number of nitrogens with one attached hydrogen (secondary N) is 1. The zero-order valence-electron chi connectivity index (χ0n) is 16.3. The Hall–Kier alpha value is -1.67. The van der Waals surface area contributed by atoms with Crippen molar-refractivity contribution in [2.75, 3.05) is 0 Å². The van der Waals surface area contributed by atoms with Gasteiger partial charge in [-0.1, -0.05) is 25.1 Å². The van der Waals surface area contributed by atoms with Gasteiger partial charge < -0.3 is 9.55 Å². The number of aromatic nitrogens is 5. The Balaban J connectivity index is 1.46. The Morgan fingerprint density at radius 3 is 3.04 bits per heavy atom. The van der Waals surface area contributed by atoms with Gasteiger partial charge in [-0.05, 0) is 50.5 Å². The molecular weight excluding hydrogens is 390 g/mol. The molecule has 8 heteroatoms. The van der Waals surface area contributed by atoms with Crippen LogP contribution in [0.4, 0.5) is 0 Å². The fraction of sp³-hybridized carbons (Fsp3) is 0.600. The van der Waals surface area contributed by atoms with Crippen molar-refractivity contribution in [2.45, 2.75) is 75.7 Å². The van der Waals surface area contributed by atoms with Crippen LogP contribution in [0.25, 0.3) is 10.2 Å². The summed E-state index contributed by atoms with van der Waals surface area (Å²) in [5.74, 6) is 2.51. The van der Waals surface area contributed by atoms with Crippen LogP contribution >= 0.6 is 23.1 Å². The first-order chi connectivity index (χ1) is 13.6. The second-order valence-electron chi connectivity index (χ2n) is 8.10. The molecule has 0 bridgehead atoms. The van der Waals surface area contributed by atoms with E-state index in [4.69, 9.17) is 4.98 Å². The van der Waals surface area contributed by atoms with Crippen molar-refractivity contribution in [3.8, 4) is 0 Å². The molecule has 2 aliphatic rings. The van der Waals surface area contributed by atoms with Gasteiger partial charge in [-0.25, -0.2) is 4.98 Å². The fourth-order valence-corrected chi connectivity index (χ4v) is 6.66. The number of fused-ring (bicyclic) bond motifs is 4. The molecule has 5 rings (SSSR count). The van der Waals surface area contributed by atoms with Crippen molar-refractivity contribution in [1.29, 1.82) is 0 Å². The van der Waals surface area contributed by atoms with Crippen molar-refractivity contribution >= 4 is 33.3 Å². The number of H-pyrrole nitrogens is 1. The second-order valence-corrected chi connectivity index (χ2v) is 10.5. The maximum Gasteiger partial charge on any atom is 0.259 e. The van der Waals surface area contributed by atoms with Crippen LogP contribution < -0.4 is 5.56 Å². The van der Waals surface area contributed by atoms with Crippen molar-refractivity contribution < 1.29 is 0 Å². The summed E-state index contributed by atoms with van der Waals surface area (Å²) in [6.45, 7) is 5.36. The molecule has 3 aromatic heterocycles. The van der Waals surface area contributed by atoms with Gasteiger partial charge in [-0.15, -0.1) is 21.5 Å². The summed E-state index contributed by atoms with van der Waals surface area (Å²) in [5, 5.41) is 10.6. The predicted octanol–water partition coefficient (Wildman–Crippen LogP) is 4.28. The summed E-state index contributed by atoms with van der Waals surface area (Å²) in [6, 6.07) is 0. The normalized spacial score (nSPS) is 20.6. The minimum Gasteiger partial charge on any atom is -0.309 e. The van der Waals surface area contributed by atoms with Crippen molar-refractivity contribution in [3.63, 3.8) is 0 Å². The quantitative estimate of drug-likeness (QED) is 0.646. The molecule has 1 aliphatic carbocycles. The number of aromatic amines is 1. The molecule has 0 saturated heterocycles. The molecule has 0 fully saturated rings. The Kier molecular flexibility index (Phi) is 4.79. The monoisotopic (exact) mass is 415 g/mol.